The van der Waals surface area contributed by atoms with Gasteiger partial charge >= 0.3 is 0 Å². The lowest BCUT2D eigenvalue weighted by Gasteiger charge is -2.13. The maximum atomic E-state index is 6.01. The van der Waals surface area contributed by atoms with Crippen LogP contribution in [0.3, 0.4) is 0 Å². The van der Waals surface area contributed by atoms with Crippen molar-refractivity contribution in [3.63, 3.8) is 0 Å². The summed E-state index contributed by atoms with van der Waals surface area (Å²) in [7, 11) is 1.67. The number of ether oxygens (including phenoxy) is 3. The number of quaternary nitrogens is 1. The fraction of sp³-hybridized carbons (Fsp3) is 0.400. The summed E-state index contributed by atoms with van der Waals surface area (Å²) in [6.07, 6.45) is 2.77. The van der Waals surface area contributed by atoms with E-state index in [0.717, 1.165) is 36.8 Å². The van der Waals surface area contributed by atoms with Crippen molar-refractivity contribution in [3.8, 4) is 11.5 Å². The predicted molar refractivity (Wildman–Crippen MR) is 98.2 cm³/mol. The van der Waals surface area contributed by atoms with Gasteiger partial charge in [-0.3, -0.25) is 0 Å². The molecule has 0 unspecified atom stereocenters. The summed E-state index contributed by atoms with van der Waals surface area (Å²) in [5.41, 5.74) is 2.24. The molecule has 1 heterocycles. The Kier molecular flexibility index (Phi) is 6.56. The molecule has 5 heteroatoms. The lowest BCUT2D eigenvalue weighted by molar-refractivity contribution is -0.676. The van der Waals surface area contributed by atoms with E-state index in [0.29, 0.717) is 17.7 Å². The molecule has 0 bridgehead atoms. The number of methoxy groups -OCH3 is 1. The van der Waals surface area contributed by atoms with E-state index >= 15 is 0 Å². The third-order valence-electron chi connectivity index (χ3n) is 4.34. The molecule has 3 rings (SSSR count). The molecule has 1 aliphatic rings. The summed E-state index contributed by atoms with van der Waals surface area (Å²) in [6, 6.07) is 13.8. The Morgan fingerprint density at radius 2 is 2.08 bits per heavy atom. The minimum absolute atomic E-state index is 0.405. The minimum atomic E-state index is 0.405. The van der Waals surface area contributed by atoms with Crippen LogP contribution in [0.1, 0.15) is 24.0 Å². The second-order valence-corrected chi connectivity index (χ2v) is 6.70. The lowest BCUT2D eigenvalue weighted by atomic mass is 10.2. The van der Waals surface area contributed by atoms with Crippen LogP contribution in [0.15, 0.2) is 42.5 Å². The van der Waals surface area contributed by atoms with E-state index in [1.165, 1.54) is 18.4 Å². The van der Waals surface area contributed by atoms with Gasteiger partial charge in [0, 0.05) is 17.2 Å². The zero-order valence-electron chi connectivity index (χ0n) is 14.5. The van der Waals surface area contributed by atoms with Crippen molar-refractivity contribution in [3.05, 3.63) is 58.6 Å². The minimum Gasteiger partial charge on any atom is -0.493 e. The van der Waals surface area contributed by atoms with Crippen molar-refractivity contribution in [2.75, 3.05) is 20.3 Å². The Bertz CT molecular complexity index is 686. The first kappa shape index (κ1) is 18.1. The third-order valence-corrected chi connectivity index (χ3v) is 4.58. The summed E-state index contributed by atoms with van der Waals surface area (Å²) >= 11 is 6.01. The highest BCUT2D eigenvalue weighted by atomic mass is 35.5. The highest BCUT2D eigenvalue weighted by Crippen LogP contribution is 2.28. The molecular formula is C20H25ClNO3+. The molecule has 1 fully saturated rings. The summed E-state index contributed by atoms with van der Waals surface area (Å²) in [4.78, 5) is 0. The van der Waals surface area contributed by atoms with Crippen LogP contribution in [-0.4, -0.2) is 26.4 Å². The highest BCUT2D eigenvalue weighted by Gasteiger charge is 2.17. The largest absolute Gasteiger partial charge is 0.493 e. The maximum Gasteiger partial charge on any atom is 0.161 e. The van der Waals surface area contributed by atoms with Crippen molar-refractivity contribution in [1.29, 1.82) is 0 Å². The van der Waals surface area contributed by atoms with Crippen molar-refractivity contribution in [2.45, 2.75) is 32.1 Å². The average molecular weight is 363 g/mol. The van der Waals surface area contributed by atoms with Gasteiger partial charge in [-0.05, 0) is 48.7 Å². The van der Waals surface area contributed by atoms with E-state index in [-0.39, 0.29) is 0 Å². The van der Waals surface area contributed by atoms with Crippen LogP contribution in [0.25, 0.3) is 0 Å². The summed E-state index contributed by atoms with van der Waals surface area (Å²) < 4.78 is 17.0. The second kappa shape index (κ2) is 9.09. The van der Waals surface area contributed by atoms with Crippen LogP contribution < -0.4 is 14.8 Å². The molecule has 2 aromatic carbocycles. The molecule has 0 spiro atoms. The van der Waals surface area contributed by atoms with Crippen molar-refractivity contribution < 1.29 is 19.5 Å². The Morgan fingerprint density at radius 1 is 1.16 bits per heavy atom. The molecule has 4 nitrogen and oxygen atoms in total. The highest BCUT2D eigenvalue weighted by molar-refractivity contribution is 6.30. The number of nitrogens with two attached hydrogens (primary N) is 1. The number of hydrogen-bond acceptors (Lipinski definition) is 3. The van der Waals surface area contributed by atoms with Crippen LogP contribution in [-0.2, 0) is 17.9 Å². The third kappa shape index (κ3) is 5.36. The van der Waals surface area contributed by atoms with Crippen LogP contribution in [0.2, 0.25) is 5.02 Å². The standard InChI is InChI=1S/C20H24ClNO3/c1-23-20-11-15(12-22-13-18-6-3-9-24-18)7-8-19(20)25-14-16-4-2-5-17(21)10-16/h2,4-5,7-8,10-11,18,22H,3,6,9,12-14H2,1H3/p+1/t18-/m0/s1. The van der Waals surface area contributed by atoms with E-state index < -0.39 is 0 Å². The van der Waals surface area contributed by atoms with Gasteiger partial charge in [-0.25, -0.2) is 0 Å². The topological polar surface area (TPSA) is 44.3 Å². The van der Waals surface area contributed by atoms with Gasteiger partial charge in [0.2, 0.25) is 0 Å². The Balaban J connectivity index is 1.55. The smallest absolute Gasteiger partial charge is 0.161 e. The van der Waals surface area contributed by atoms with Crippen LogP contribution in [0.5, 0.6) is 11.5 Å². The van der Waals surface area contributed by atoms with Gasteiger partial charge in [0.05, 0.1) is 7.11 Å². The van der Waals surface area contributed by atoms with Gasteiger partial charge in [-0.2, -0.15) is 0 Å². The average Bonchev–Trinajstić information content (AvgIpc) is 3.14. The number of hydrogen-bond donors (Lipinski definition) is 1. The number of rotatable bonds is 8. The van der Waals surface area contributed by atoms with Crippen LogP contribution in [0, 0.1) is 0 Å². The lowest BCUT2D eigenvalue weighted by Crippen LogP contribution is -2.84. The Morgan fingerprint density at radius 3 is 2.84 bits per heavy atom. The first-order valence-electron chi connectivity index (χ1n) is 8.72. The fourth-order valence-corrected chi connectivity index (χ4v) is 3.23. The van der Waals surface area contributed by atoms with Gasteiger partial charge in [0.25, 0.3) is 0 Å². The molecule has 0 aliphatic carbocycles. The Labute approximate surface area is 154 Å². The SMILES string of the molecule is COc1cc(C[NH2+]C[C@@H]2CCCO2)ccc1OCc1cccc(Cl)c1. The molecule has 2 aromatic rings. The quantitative estimate of drug-likeness (QED) is 0.784. The van der Waals surface area contributed by atoms with Gasteiger partial charge in [0.15, 0.2) is 11.5 Å². The van der Waals surface area contributed by atoms with E-state index in [9.17, 15) is 0 Å². The second-order valence-electron chi connectivity index (χ2n) is 6.27. The van der Waals surface area contributed by atoms with Crippen LogP contribution >= 0.6 is 11.6 Å². The van der Waals surface area contributed by atoms with Gasteiger partial charge < -0.3 is 19.5 Å². The van der Waals surface area contributed by atoms with Gasteiger partial charge in [-0.15, -0.1) is 0 Å². The molecule has 0 saturated carbocycles. The van der Waals surface area contributed by atoms with Crippen LogP contribution in [0.4, 0.5) is 0 Å². The normalized spacial score (nSPS) is 16.8. The molecular weight excluding hydrogens is 338 g/mol. The van der Waals surface area contributed by atoms with Gasteiger partial charge in [-0.1, -0.05) is 23.7 Å². The molecule has 0 aromatic heterocycles. The monoisotopic (exact) mass is 362 g/mol. The Hall–Kier alpha value is -1.75. The number of benzene rings is 2. The molecule has 1 saturated heterocycles. The van der Waals surface area contributed by atoms with E-state index in [4.69, 9.17) is 25.8 Å². The molecule has 134 valence electrons. The first-order chi connectivity index (χ1) is 12.2. The van der Waals surface area contributed by atoms with E-state index in [1.54, 1.807) is 7.11 Å². The first-order valence-corrected chi connectivity index (χ1v) is 9.10. The summed E-state index contributed by atoms with van der Waals surface area (Å²) in [5, 5.41) is 3.00. The molecule has 1 atom stereocenters. The summed E-state index contributed by atoms with van der Waals surface area (Å²) in [5.74, 6) is 1.50. The fourth-order valence-electron chi connectivity index (χ4n) is 3.01. The van der Waals surface area contributed by atoms with E-state index in [2.05, 4.69) is 11.4 Å². The molecule has 2 N–H and O–H groups in total. The maximum absolute atomic E-state index is 6.01. The zero-order valence-corrected chi connectivity index (χ0v) is 15.3. The summed E-state index contributed by atoms with van der Waals surface area (Å²) in [6.45, 7) is 3.28. The van der Waals surface area contributed by atoms with Gasteiger partial charge in [0.1, 0.15) is 25.8 Å². The van der Waals surface area contributed by atoms with E-state index in [1.807, 2.05) is 36.4 Å². The van der Waals surface area contributed by atoms with Crippen molar-refractivity contribution in [1.82, 2.24) is 0 Å². The molecule has 0 radical (unpaired) electrons. The van der Waals surface area contributed by atoms with Crippen molar-refractivity contribution >= 4 is 11.6 Å². The molecule has 25 heavy (non-hydrogen) atoms. The zero-order chi connectivity index (χ0) is 17.5. The van der Waals surface area contributed by atoms with Crippen molar-refractivity contribution in [2.24, 2.45) is 0 Å². The molecule has 1 aliphatic heterocycles. The molecule has 0 amide bonds. The number of halogens is 1. The predicted octanol–water partition coefficient (Wildman–Crippen LogP) is 3.17.